The van der Waals surface area contributed by atoms with Gasteiger partial charge < -0.3 is 19.9 Å². The molecule has 0 aliphatic carbocycles. The zero-order chi connectivity index (χ0) is 14.5. The zero-order valence-electron chi connectivity index (χ0n) is 12.0. The fraction of sp³-hybridized carbons (Fsp3) is 0.571. The molecule has 1 aromatic carbocycles. The molecule has 0 fully saturated rings. The summed E-state index contributed by atoms with van der Waals surface area (Å²) in [5, 5.41) is 0. The molecule has 1 aromatic rings. The van der Waals surface area contributed by atoms with Gasteiger partial charge in [0.25, 0.3) is 0 Å². The van der Waals surface area contributed by atoms with Gasteiger partial charge in [0.15, 0.2) is 11.5 Å². The third kappa shape index (κ3) is 4.67. The maximum absolute atomic E-state index is 5.80. The fourth-order valence-electron chi connectivity index (χ4n) is 1.53. The molecule has 0 bridgehead atoms. The van der Waals surface area contributed by atoms with Gasteiger partial charge in [0.2, 0.25) is 0 Å². The lowest BCUT2D eigenvalue weighted by Crippen LogP contribution is -2.25. The van der Waals surface area contributed by atoms with Crippen LogP contribution in [-0.4, -0.2) is 26.4 Å². The number of nitrogens with two attached hydrogens (primary N) is 1. The third-order valence-corrected chi connectivity index (χ3v) is 3.62. The number of rotatable bonds is 7. The highest BCUT2D eigenvalue weighted by atomic mass is 79.9. The average molecular weight is 332 g/mol. The number of hydrogen-bond acceptors (Lipinski definition) is 4. The fourth-order valence-corrected chi connectivity index (χ4v) is 2.14. The summed E-state index contributed by atoms with van der Waals surface area (Å²) in [7, 11) is 3.32. The molecule has 0 aromatic heterocycles. The van der Waals surface area contributed by atoms with Crippen molar-refractivity contribution in [1.82, 2.24) is 0 Å². The molecule has 0 atom stereocenters. The van der Waals surface area contributed by atoms with E-state index in [0.29, 0.717) is 24.7 Å². The molecule has 0 spiro atoms. The van der Waals surface area contributed by atoms with E-state index < -0.39 is 0 Å². The highest BCUT2D eigenvalue weighted by molar-refractivity contribution is 9.10. The van der Waals surface area contributed by atoms with Gasteiger partial charge in [-0.05, 0) is 47.5 Å². The highest BCUT2D eigenvalue weighted by Crippen LogP contribution is 2.36. The summed E-state index contributed by atoms with van der Waals surface area (Å²) in [5.74, 6) is 1.39. The molecule has 0 unspecified atom stereocenters. The van der Waals surface area contributed by atoms with Gasteiger partial charge in [0.1, 0.15) is 0 Å². The molecule has 0 aliphatic rings. The number of halogens is 1. The van der Waals surface area contributed by atoms with E-state index >= 15 is 0 Å². The van der Waals surface area contributed by atoms with E-state index in [-0.39, 0.29) is 5.60 Å². The van der Waals surface area contributed by atoms with Crippen LogP contribution in [0.2, 0.25) is 0 Å². The Labute approximate surface area is 123 Å². The van der Waals surface area contributed by atoms with E-state index in [9.17, 15) is 0 Å². The summed E-state index contributed by atoms with van der Waals surface area (Å²) < 4.78 is 17.3. The molecule has 0 amide bonds. The van der Waals surface area contributed by atoms with E-state index in [1.165, 1.54) is 0 Å². The van der Waals surface area contributed by atoms with Crippen LogP contribution in [0.1, 0.15) is 25.8 Å². The van der Waals surface area contributed by atoms with E-state index in [0.717, 1.165) is 16.5 Å². The van der Waals surface area contributed by atoms with Crippen LogP contribution in [0.25, 0.3) is 0 Å². The van der Waals surface area contributed by atoms with Crippen molar-refractivity contribution in [2.24, 2.45) is 5.73 Å². The van der Waals surface area contributed by atoms with Gasteiger partial charge in [0, 0.05) is 20.1 Å². The summed E-state index contributed by atoms with van der Waals surface area (Å²) in [6, 6.07) is 3.83. The van der Waals surface area contributed by atoms with Gasteiger partial charge >= 0.3 is 0 Å². The first-order valence-corrected chi connectivity index (χ1v) is 6.97. The molecular formula is C14H22BrNO3. The van der Waals surface area contributed by atoms with Crippen molar-refractivity contribution < 1.29 is 14.2 Å². The SMILES string of the molecule is COc1cc(CN)cc(Br)c1OCCC(C)(C)OC. The summed E-state index contributed by atoms with van der Waals surface area (Å²) in [5.41, 5.74) is 6.43. The van der Waals surface area contributed by atoms with E-state index in [1.54, 1.807) is 14.2 Å². The van der Waals surface area contributed by atoms with Crippen molar-refractivity contribution in [2.75, 3.05) is 20.8 Å². The lowest BCUT2D eigenvalue weighted by Gasteiger charge is -2.23. The maximum atomic E-state index is 5.80. The quantitative estimate of drug-likeness (QED) is 0.834. The largest absolute Gasteiger partial charge is 0.493 e. The van der Waals surface area contributed by atoms with E-state index in [2.05, 4.69) is 15.9 Å². The van der Waals surface area contributed by atoms with Crippen molar-refractivity contribution in [1.29, 1.82) is 0 Å². The minimum atomic E-state index is -0.198. The molecule has 0 heterocycles. The zero-order valence-corrected chi connectivity index (χ0v) is 13.5. The Hall–Kier alpha value is -0.780. The second-order valence-electron chi connectivity index (χ2n) is 4.88. The Bertz CT molecular complexity index is 421. The Kier molecular flexibility index (Phi) is 6.10. The maximum Gasteiger partial charge on any atom is 0.175 e. The normalized spacial score (nSPS) is 11.5. The summed E-state index contributed by atoms with van der Waals surface area (Å²) in [6.45, 7) is 5.07. The Morgan fingerprint density at radius 3 is 2.47 bits per heavy atom. The number of hydrogen-bond donors (Lipinski definition) is 1. The Balaban J connectivity index is 2.78. The number of benzene rings is 1. The van der Waals surface area contributed by atoms with Crippen molar-refractivity contribution in [2.45, 2.75) is 32.4 Å². The summed E-state index contributed by atoms with van der Waals surface area (Å²) in [4.78, 5) is 0. The van der Waals surface area contributed by atoms with Crippen LogP contribution in [0, 0.1) is 0 Å². The van der Waals surface area contributed by atoms with Gasteiger partial charge in [-0.25, -0.2) is 0 Å². The van der Waals surface area contributed by atoms with Gasteiger partial charge in [-0.2, -0.15) is 0 Å². The van der Waals surface area contributed by atoms with Crippen LogP contribution in [0.5, 0.6) is 11.5 Å². The number of ether oxygens (including phenoxy) is 3. The molecule has 0 aliphatic heterocycles. The Morgan fingerprint density at radius 2 is 1.95 bits per heavy atom. The first-order valence-electron chi connectivity index (χ1n) is 6.18. The average Bonchev–Trinajstić information content (AvgIpc) is 2.39. The van der Waals surface area contributed by atoms with Gasteiger partial charge in [-0.3, -0.25) is 0 Å². The van der Waals surface area contributed by atoms with Gasteiger partial charge in [-0.1, -0.05) is 0 Å². The van der Waals surface area contributed by atoms with Crippen LogP contribution in [-0.2, 0) is 11.3 Å². The summed E-state index contributed by atoms with van der Waals surface area (Å²) >= 11 is 3.49. The van der Waals surface area contributed by atoms with Crippen LogP contribution in [0.4, 0.5) is 0 Å². The lowest BCUT2D eigenvalue weighted by molar-refractivity contribution is 0.00518. The van der Waals surface area contributed by atoms with Crippen molar-refractivity contribution in [3.8, 4) is 11.5 Å². The van der Waals surface area contributed by atoms with E-state index in [4.69, 9.17) is 19.9 Å². The second-order valence-corrected chi connectivity index (χ2v) is 5.73. The van der Waals surface area contributed by atoms with Crippen LogP contribution in [0.15, 0.2) is 16.6 Å². The van der Waals surface area contributed by atoms with Gasteiger partial charge in [0.05, 0.1) is 23.8 Å². The monoisotopic (exact) mass is 331 g/mol. The molecule has 108 valence electrons. The smallest absolute Gasteiger partial charge is 0.175 e. The minimum absolute atomic E-state index is 0.198. The molecule has 19 heavy (non-hydrogen) atoms. The standard InChI is InChI=1S/C14H22BrNO3/c1-14(2,18-4)5-6-19-13-11(15)7-10(9-16)8-12(13)17-3/h7-8H,5-6,9,16H2,1-4H3. The van der Waals surface area contributed by atoms with Gasteiger partial charge in [-0.15, -0.1) is 0 Å². The predicted molar refractivity (Wildman–Crippen MR) is 79.8 cm³/mol. The second kappa shape index (κ2) is 7.12. The molecule has 0 saturated heterocycles. The molecule has 4 nitrogen and oxygen atoms in total. The van der Waals surface area contributed by atoms with Crippen LogP contribution in [0.3, 0.4) is 0 Å². The molecule has 2 N–H and O–H groups in total. The first-order chi connectivity index (χ1) is 8.93. The third-order valence-electron chi connectivity index (χ3n) is 3.03. The Morgan fingerprint density at radius 1 is 1.26 bits per heavy atom. The van der Waals surface area contributed by atoms with Crippen LogP contribution < -0.4 is 15.2 Å². The molecule has 5 heteroatoms. The van der Waals surface area contributed by atoms with Crippen molar-refractivity contribution >= 4 is 15.9 Å². The molecule has 0 radical (unpaired) electrons. The highest BCUT2D eigenvalue weighted by Gasteiger charge is 2.17. The van der Waals surface area contributed by atoms with E-state index in [1.807, 2.05) is 26.0 Å². The summed E-state index contributed by atoms with van der Waals surface area (Å²) in [6.07, 6.45) is 0.789. The lowest BCUT2D eigenvalue weighted by atomic mass is 10.1. The molecule has 0 saturated carbocycles. The van der Waals surface area contributed by atoms with Crippen LogP contribution >= 0.6 is 15.9 Å². The minimum Gasteiger partial charge on any atom is -0.493 e. The van der Waals surface area contributed by atoms with Crippen molar-refractivity contribution in [3.05, 3.63) is 22.2 Å². The molecular weight excluding hydrogens is 310 g/mol. The predicted octanol–water partition coefficient (Wildman–Crippen LogP) is 3.11. The topological polar surface area (TPSA) is 53.7 Å². The molecule has 1 rings (SSSR count). The first kappa shape index (κ1) is 16.3. The van der Waals surface area contributed by atoms with Crippen molar-refractivity contribution in [3.63, 3.8) is 0 Å². The number of methoxy groups -OCH3 is 2.